The first-order chi connectivity index (χ1) is 10.8. The molecule has 6 nitrogen and oxygen atoms in total. The van der Waals surface area contributed by atoms with Crippen LogP contribution < -0.4 is 10.6 Å². The van der Waals surface area contributed by atoms with Gasteiger partial charge in [-0.3, -0.25) is 14.4 Å². The van der Waals surface area contributed by atoms with Gasteiger partial charge in [0.1, 0.15) is 0 Å². The lowest BCUT2D eigenvalue weighted by Crippen LogP contribution is -2.41. The van der Waals surface area contributed by atoms with E-state index in [2.05, 4.69) is 26.6 Å². The van der Waals surface area contributed by atoms with Gasteiger partial charge >= 0.3 is 0 Å². The Bertz CT molecular complexity index is 558. The summed E-state index contributed by atoms with van der Waals surface area (Å²) in [6, 6.07) is 6.99. The maximum absolute atomic E-state index is 11.9. The molecule has 2 N–H and O–H groups in total. The Morgan fingerprint density at radius 1 is 1.17 bits per heavy atom. The van der Waals surface area contributed by atoms with E-state index >= 15 is 0 Å². The summed E-state index contributed by atoms with van der Waals surface area (Å²) in [5.74, 6) is -0.625. The second-order valence-corrected chi connectivity index (χ2v) is 6.40. The van der Waals surface area contributed by atoms with E-state index in [4.69, 9.17) is 0 Å². The molecule has 0 spiro atoms. The molecule has 0 atom stereocenters. The minimum atomic E-state index is -0.231. The topological polar surface area (TPSA) is 78.5 Å². The van der Waals surface area contributed by atoms with Gasteiger partial charge < -0.3 is 15.5 Å². The average molecular weight is 384 g/mol. The Hall–Kier alpha value is -1.89. The molecule has 3 amide bonds. The molecule has 0 fully saturated rings. The Labute approximate surface area is 144 Å². The number of carbonyl (C=O) groups is 3. The monoisotopic (exact) mass is 383 g/mol. The number of hydrogen-bond acceptors (Lipinski definition) is 3. The van der Waals surface area contributed by atoms with Crippen LogP contribution in [0.5, 0.6) is 0 Å². The van der Waals surface area contributed by atoms with Crippen LogP contribution in [0.25, 0.3) is 0 Å². The van der Waals surface area contributed by atoms with Crippen molar-refractivity contribution in [2.24, 2.45) is 0 Å². The zero-order chi connectivity index (χ0) is 17.4. The minimum absolute atomic E-state index is 0.0116. The first-order valence-electron chi connectivity index (χ1n) is 7.36. The molecule has 23 heavy (non-hydrogen) atoms. The van der Waals surface area contributed by atoms with Gasteiger partial charge in [0.25, 0.3) is 5.91 Å². The Morgan fingerprint density at radius 2 is 1.78 bits per heavy atom. The van der Waals surface area contributed by atoms with Crippen LogP contribution in [0.4, 0.5) is 0 Å². The highest BCUT2D eigenvalue weighted by Crippen LogP contribution is 2.10. The van der Waals surface area contributed by atoms with Gasteiger partial charge in [0.15, 0.2) is 0 Å². The normalized spacial score (nSPS) is 10.3. The summed E-state index contributed by atoms with van der Waals surface area (Å²) in [7, 11) is 1.57. The van der Waals surface area contributed by atoms with E-state index in [1.165, 1.54) is 4.90 Å². The largest absolute Gasteiger partial charge is 0.352 e. The fourth-order valence-corrected chi connectivity index (χ4v) is 2.11. The molecular weight excluding hydrogens is 362 g/mol. The summed E-state index contributed by atoms with van der Waals surface area (Å²) in [4.78, 5) is 36.7. The van der Waals surface area contributed by atoms with Crippen LogP contribution in [0.2, 0.25) is 0 Å². The SMILES string of the molecule is CC(C)NC(=O)CN(C)C(=O)CCNC(=O)c1ccc(Br)cc1. The van der Waals surface area contributed by atoms with Gasteiger partial charge in [0, 0.05) is 36.1 Å². The number of nitrogens with zero attached hydrogens (tertiary/aromatic N) is 1. The number of nitrogens with one attached hydrogen (secondary N) is 2. The van der Waals surface area contributed by atoms with Crippen LogP contribution in [0.3, 0.4) is 0 Å². The second kappa shape index (κ2) is 9.29. The molecule has 7 heteroatoms. The van der Waals surface area contributed by atoms with Crippen molar-refractivity contribution in [1.29, 1.82) is 0 Å². The highest BCUT2D eigenvalue weighted by atomic mass is 79.9. The van der Waals surface area contributed by atoms with E-state index in [9.17, 15) is 14.4 Å². The van der Waals surface area contributed by atoms with E-state index in [0.717, 1.165) is 4.47 Å². The fraction of sp³-hybridized carbons (Fsp3) is 0.438. The lowest BCUT2D eigenvalue weighted by atomic mass is 10.2. The molecule has 0 bridgehead atoms. The summed E-state index contributed by atoms with van der Waals surface area (Å²) in [5.41, 5.74) is 0.533. The van der Waals surface area contributed by atoms with Crippen molar-refractivity contribution in [3.8, 4) is 0 Å². The number of carbonyl (C=O) groups excluding carboxylic acids is 3. The van der Waals surface area contributed by atoms with Gasteiger partial charge in [-0.05, 0) is 38.1 Å². The summed E-state index contributed by atoms with van der Waals surface area (Å²) in [6.07, 6.45) is 0.147. The smallest absolute Gasteiger partial charge is 0.251 e. The number of likely N-dealkylation sites (N-methyl/N-ethyl adjacent to an activating group) is 1. The predicted molar refractivity (Wildman–Crippen MR) is 92.0 cm³/mol. The molecule has 0 heterocycles. The lowest BCUT2D eigenvalue weighted by Gasteiger charge is -2.18. The molecule has 0 aliphatic carbocycles. The van der Waals surface area contributed by atoms with Gasteiger partial charge in [0.05, 0.1) is 6.54 Å². The number of rotatable bonds is 7. The molecule has 1 aromatic rings. The van der Waals surface area contributed by atoms with Crippen molar-refractivity contribution in [2.45, 2.75) is 26.3 Å². The molecule has 0 aliphatic rings. The highest BCUT2D eigenvalue weighted by molar-refractivity contribution is 9.10. The number of halogens is 1. The quantitative estimate of drug-likeness (QED) is 0.749. The molecule has 1 rings (SSSR count). The van der Waals surface area contributed by atoms with Crippen LogP contribution in [0.1, 0.15) is 30.6 Å². The molecule has 0 radical (unpaired) electrons. The van der Waals surface area contributed by atoms with Crippen LogP contribution in [0, 0.1) is 0 Å². The third kappa shape index (κ3) is 7.27. The summed E-state index contributed by atoms with van der Waals surface area (Å²) in [6.45, 7) is 3.95. The van der Waals surface area contributed by atoms with Crippen molar-refractivity contribution in [3.63, 3.8) is 0 Å². The Morgan fingerprint density at radius 3 is 2.35 bits per heavy atom. The van der Waals surface area contributed by atoms with Crippen LogP contribution in [0.15, 0.2) is 28.7 Å². The summed E-state index contributed by atoms with van der Waals surface area (Å²) < 4.78 is 0.894. The predicted octanol–water partition coefficient (Wildman–Crippen LogP) is 1.55. The first kappa shape index (κ1) is 19.2. The Kier molecular flexibility index (Phi) is 7.74. The summed E-state index contributed by atoms with van der Waals surface area (Å²) in [5, 5.41) is 5.41. The Balaban J connectivity index is 2.34. The van der Waals surface area contributed by atoms with Crippen molar-refractivity contribution >= 4 is 33.7 Å². The first-order valence-corrected chi connectivity index (χ1v) is 8.16. The fourth-order valence-electron chi connectivity index (χ4n) is 1.85. The summed E-state index contributed by atoms with van der Waals surface area (Å²) >= 11 is 3.30. The third-order valence-corrected chi connectivity index (χ3v) is 3.52. The molecule has 0 aliphatic heterocycles. The van der Waals surface area contributed by atoms with E-state index in [-0.39, 0.29) is 43.3 Å². The molecule has 0 saturated heterocycles. The van der Waals surface area contributed by atoms with Gasteiger partial charge in [-0.2, -0.15) is 0 Å². The van der Waals surface area contributed by atoms with E-state index in [0.29, 0.717) is 5.56 Å². The van der Waals surface area contributed by atoms with Crippen molar-refractivity contribution in [2.75, 3.05) is 20.1 Å². The average Bonchev–Trinajstić information content (AvgIpc) is 2.46. The van der Waals surface area contributed by atoms with Crippen LogP contribution >= 0.6 is 15.9 Å². The van der Waals surface area contributed by atoms with Gasteiger partial charge in [-0.1, -0.05) is 15.9 Å². The molecule has 0 saturated carbocycles. The maximum atomic E-state index is 11.9. The van der Waals surface area contributed by atoms with E-state index in [1.807, 2.05) is 13.8 Å². The van der Waals surface area contributed by atoms with Crippen LogP contribution in [-0.2, 0) is 9.59 Å². The standard InChI is InChI=1S/C16H22BrN3O3/c1-11(2)19-14(21)10-20(3)15(22)8-9-18-16(23)12-4-6-13(17)7-5-12/h4-7,11H,8-10H2,1-3H3,(H,18,23)(H,19,21). The van der Waals surface area contributed by atoms with Gasteiger partial charge in [0.2, 0.25) is 11.8 Å². The van der Waals surface area contributed by atoms with E-state index < -0.39 is 0 Å². The lowest BCUT2D eigenvalue weighted by molar-refractivity contribution is -0.134. The van der Waals surface area contributed by atoms with Gasteiger partial charge in [-0.15, -0.1) is 0 Å². The maximum Gasteiger partial charge on any atom is 0.251 e. The molecule has 1 aromatic carbocycles. The molecule has 0 unspecified atom stereocenters. The number of benzene rings is 1. The zero-order valence-corrected chi connectivity index (χ0v) is 15.1. The second-order valence-electron chi connectivity index (χ2n) is 5.48. The molecule has 0 aromatic heterocycles. The van der Waals surface area contributed by atoms with Crippen molar-refractivity contribution < 1.29 is 14.4 Å². The van der Waals surface area contributed by atoms with Crippen molar-refractivity contribution in [1.82, 2.24) is 15.5 Å². The van der Waals surface area contributed by atoms with Crippen molar-refractivity contribution in [3.05, 3.63) is 34.3 Å². The van der Waals surface area contributed by atoms with Gasteiger partial charge in [-0.25, -0.2) is 0 Å². The van der Waals surface area contributed by atoms with Crippen LogP contribution in [-0.4, -0.2) is 48.8 Å². The third-order valence-electron chi connectivity index (χ3n) is 2.99. The zero-order valence-electron chi connectivity index (χ0n) is 13.6. The highest BCUT2D eigenvalue weighted by Gasteiger charge is 2.14. The minimum Gasteiger partial charge on any atom is -0.352 e. The molecular formula is C16H22BrN3O3. The number of amides is 3. The van der Waals surface area contributed by atoms with E-state index in [1.54, 1.807) is 31.3 Å². The number of hydrogen-bond donors (Lipinski definition) is 2. The molecule has 126 valence electrons.